The van der Waals surface area contributed by atoms with Crippen molar-refractivity contribution in [1.82, 2.24) is 0 Å². The summed E-state index contributed by atoms with van der Waals surface area (Å²) in [7, 11) is -3.34. The highest BCUT2D eigenvalue weighted by atomic mass is 32.2. The van der Waals surface area contributed by atoms with Gasteiger partial charge in [-0.05, 0) is 12.0 Å². The second-order valence-corrected chi connectivity index (χ2v) is 5.02. The van der Waals surface area contributed by atoms with E-state index in [1.165, 1.54) is 5.56 Å². The first kappa shape index (κ1) is 13.2. The molecule has 1 rings (SSSR count). The van der Waals surface area contributed by atoms with Crippen LogP contribution in [0.25, 0.3) is 0 Å². The molecule has 1 aromatic rings. The number of hydrogen-bond acceptors (Lipinski definition) is 4. The van der Waals surface area contributed by atoms with E-state index in [0.717, 1.165) is 12.7 Å². The Labute approximate surface area is 96.3 Å². The first-order valence-electron chi connectivity index (χ1n) is 5.04. The molecule has 0 spiro atoms. The van der Waals surface area contributed by atoms with E-state index in [-0.39, 0.29) is 6.61 Å². The Morgan fingerprint density at radius 2 is 1.75 bits per heavy atom. The zero-order chi connectivity index (χ0) is 11.9. The summed E-state index contributed by atoms with van der Waals surface area (Å²) in [4.78, 5) is 0. The Balaban J connectivity index is 2.05. The molecule has 4 nitrogen and oxygen atoms in total. The maximum Gasteiger partial charge on any atom is 0.264 e. The molecule has 0 saturated carbocycles. The number of ether oxygens (including phenoxy) is 1. The van der Waals surface area contributed by atoms with Crippen molar-refractivity contribution >= 4 is 10.1 Å². The van der Waals surface area contributed by atoms with Crippen molar-refractivity contribution in [3.05, 3.63) is 35.9 Å². The number of rotatable bonds is 7. The molecule has 90 valence electrons. The van der Waals surface area contributed by atoms with Crippen LogP contribution in [0.1, 0.15) is 5.56 Å². The lowest BCUT2D eigenvalue weighted by atomic mass is 10.2. The normalized spacial score (nSPS) is 11.6. The highest BCUT2D eigenvalue weighted by molar-refractivity contribution is 7.85. The van der Waals surface area contributed by atoms with Gasteiger partial charge in [0.25, 0.3) is 10.1 Å². The first-order chi connectivity index (χ1) is 7.58. The molecule has 5 heteroatoms. The third-order valence-corrected chi connectivity index (χ3v) is 2.50. The van der Waals surface area contributed by atoms with Crippen molar-refractivity contribution in [2.75, 3.05) is 26.1 Å². The minimum atomic E-state index is -3.34. The van der Waals surface area contributed by atoms with Crippen LogP contribution in [0, 0.1) is 0 Å². The average molecular weight is 244 g/mol. The summed E-state index contributed by atoms with van der Waals surface area (Å²) < 4.78 is 31.0. The molecule has 0 aliphatic carbocycles. The minimum absolute atomic E-state index is 0.0770. The van der Waals surface area contributed by atoms with Crippen LogP contribution in [-0.2, 0) is 25.5 Å². The highest BCUT2D eigenvalue weighted by Crippen LogP contribution is 1.99. The maximum atomic E-state index is 10.6. The van der Waals surface area contributed by atoms with Crippen LogP contribution in [0.4, 0.5) is 0 Å². The van der Waals surface area contributed by atoms with Crippen molar-refractivity contribution in [3.8, 4) is 0 Å². The van der Waals surface area contributed by atoms with Crippen LogP contribution in [0.5, 0.6) is 0 Å². The lowest BCUT2D eigenvalue weighted by Crippen LogP contribution is -2.10. The van der Waals surface area contributed by atoms with Gasteiger partial charge in [-0.3, -0.25) is 4.18 Å². The van der Waals surface area contributed by atoms with E-state index >= 15 is 0 Å². The van der Waals surface area contributed by atoms with E-state index in [1.54, 1.807) is 0 Å². The predicted molar refractivity (Wildman–Crippen MR) is 61.8 cm³/mol. The minimum Gasteiger partial charge on any atom is -0.379 e. The fourth-order valence-corrected chi connectivity index (χ4v) is 1.55. The molecule has 0 fully saturated rings. The Morgan fingerprint density at radius 1 is 1.06 bits per heavy atom. The van der Waals surface area contributed by atoms with E-state index in [9.17, 15) is 8.42 Å². The van der Waals surface area contributed by atoms with Crippen molar-refractivity contribution in [1.29, 1.82) is 0 Å². The molecule has 0 heterocycles. The zero-order valence-electron chi connectivity index (χ0n) is 9.26. The summed E-state index contributed by atoms with van der Waals surface area (Å²) in [5, 5.41) is 0. The number of hydrogen-bond donors (Lipinski definition) is 0. The van der Waals surface area contributed by atoms with Crippen LogP contribution >= 0.6 is 0 Å². The summed E-state index contributed by atoms with van der Waals surface area (Å²) >= 11 is 0. The molecule has 0 radical (unpaired) electrons. The molecule has 0 aliphatic rings. The van der Waals surface area contributed by atoms with Gasteiger partial charge in [-0.25, -0.2) is 0 Å². The topological polar surface area (TPSA) is 52.6 Å². The third kappa shape index (κ3) is 6.55. The molecule has 16 heavy (non-hydrogen) atoms. The second-order valence-electron chi connectivity index (χ2n) is 3.37. The Kier molecular flexibility index (Phi) is 5.45. The second kappa shape index (κ2) is 6.62. The van der Waals surface area contributed by atoms with E-state index in [0.29, 0.717) is 13.2 Å². The zero-order valence-corrected chi connectivity index (χ0v) is 10.1. The van der Waals surface area contributed by atoms with E-state index < -0.39 is 10.1 Å². The van der Waals surface area contributed by atoms with Crippen LogP contribution in [0.3, 0.4) is 0 Å². The van der Waals surface area contributed by atoms with Gasteiger partial charge in [0.05, 0.1) is 26.1 Å². The van der Waals surface area contributed by atoms with Crippen molar-refractivity contribution in [3.63, 3.8) is 0 Å². The van der Waals surface area contributed by atoms with Gasteiger partial charge >= 0.3 is 0 Å². The van der Waals surface area contributed by atoms with E-state index in [2.05, 4.69) is 4.18 Å². The summed E-state index contributed by atoms with van der Waals surface area (Å²) in [6.07, 6.45) is 1.84. The van der Waals surface area contributed by atoms with Gasteiger partial charge < -0.3 is 4.74 Å². The smallest absolute Gasteiger partial charge is 0.264 e. The molecule has 0 bridgehead atoms. The Morgan fingerprint density at radius 3 is 2.38 bits per heavy atom. The molecule has 0 aliphatic heterocycles. The summed E-state index contributed by atoms with van der Waals surface area (Å²) in [6.45, 7) is 0.935. The molecule has 0 aromatic heterocycles. The third-order valence-electron chi connectivity index (χ3n) is 1.90. The van der Waals surface area contributed by atoms with Gasteiger partial charge in [0.15, 0.2) is 0 Å². The lowest BCUT2D eigenvalue weighted by Gasteiger charge is -2.04. The van der Waals surface area contributed by atoms with Gasteiger partial charge in [-0.2, -0.15) is 8.42 Å². The molecular weight excluding hydrogens is 228 g/mol. The fraction of sp³-hybridized carbons (Fsp3) is 0.455. The van der Waals surface area contributed by atoms with E-state index in [4.69, 9.17) is 4.74 Å². The molecule has 0 atom stereocenters. The standard InChI is InChI=1S/C11H16O4S/c1-16(12,13)15-10-9-14-8-7-11-5-3-2-4-6-11/h2-6H,7-10H2,1H3. The van der Waals surface area contributed by atoms with Crippen LogP contribution in [0.15, 0.2) is 30.3 Å². The van der Waals surface area contributed by atoms with Gasteiger partial charge in [-0.1, -0.05) is 30.3 Å². The molecule has 0 saturated heterocycles. The largest absolute Gasteiger partial charge is 0.379 e. The molecule has 0 unspecified atom stereocenters. The summed E-state index contributed by atoms with van der Waals surface area (Å²) in [6, 6.07) is 9.96. The quantitative estimate of drug-likeness (QED) is 0.534. The molecule has 1 aromatic carbocycles. The van der Waals surface area contributed by atoms with Crippen LogP contribution in [0.2, 0.25) is 0 Å². The van der Waals surface area contributed by atoms with Crippen molar-refractivity contribution in [2.45, 2.75) is 6.42 Å². The number of benzene rings is 1. The maximum absolute atomic E-state index is 10.6. The summed E-state index contributed by atoms with van der Waals surface area (Å²) in [5.74, 6) is 0. The van der Waals surface area contributed by atoms with Gasteiger partial charge in [0, 0.05) is 0 Å². The van der Waals surface area contributed by atoms with Gasteiger partial charge in [0.1, 0.15) is 0 Å². The lowest BCUT2D eigenvalue weighted by molar-refractivity contribution is 0.105. The Bertz CT molecular complexity index is 386. The summed E-state index contributed by atoms with van der Waals surface area (Å²) in [5.41, 5.74) is 1.20. The van der Waals surface area contributed by atoms with Crippen molar-refractivity contribution < 1.29 is 17.3 Å². The molecule has 0 N–H and O–H groups in total. The highest BCUT2D eigenvalue weighted by Gasteiger charge is 2.00. The fourth-order valence-electron chi connectivity index (χ4n) is 1.18. The SMILES string of the molecule is CS(=O)(=O)OCCOCCc1ccccc1. The average Bonchev–Trinajstić information content (AvgIpc) is 2.23. The van der Waals surface area contributed by atoms with Gasteiger partial charge in [-0.15, -0.1) is 0 Å². The van der Waals surface area contributed by atoms with E-state index in [1.807, 2.05) is 30.3 Å². The van der Waals surface area contributed by atoms with Crippen molar-refractivity contribution in [2.24, 2.45) is 0 Å². The van der Waals surface area contributed by atoms with Gasteiger partial charge in [0.2, 0.25) is 0 Å². The predicted octanol–water partition coefficient (Wildman–Crippen LogP) is 1.22. The first-order valence-corrected chi connectivity index (χ1v) is 6.86. The molecular formula is C11H16O4S. The molecule has 0 amide bonds. The monoisotopic (exact) mass is 244 g/mol. The van der Waals surface area contributed by atoms with Crippen LogP contribution < -0.4 is 0 Å². The van der Waals surface area contributed by atoms with Crippen LogP contribution in [-0.4, -0.2) is 34.5 Å². The Hall–Kier alpha value is -0.910.